The number of carbonyl (C=O) groups excluding carboxylic acids is 4. The van der Waals surface area contributed by atoms with E-state index in [0.29, 0.717) is 6.42 Å². The predicted molar refractivity (Wildman–Crippen MR) is 136 cm³/mol. The molecule has 0 aliphatic carbocycles. The predicted octanol–water partition coefficient (Wildman–Crippen LogP) is 3.74. The Hall–Kier alpha value is -3.94. The standard InChI is InChI=1S/C28H34N2O6/c1-4-35-26(32)16-15-25(31)23(17-20(2)3)29-27(33)24(18-21-11-7-5-8-12-21)30-28(34)36-19-22-13-9-6-10-14-22/h5-16,20,23-24H,4,17-19H2,1-3H3,(H,29,33)(H,30,34)/b16-15-/t23-,24-/m0/s1. The van der Waals surface area contributed by atoms with Crippen molar-refractivity contribution in [3.05, 3.63) is 83.9 Å². The summed E-state index contributed by atoms with van der Waals surface area (Å²) in [6.07, 6.45) is 1.97. The largest absolute Gasteiger partial charge is 0.463 e. The van der Waals surface area contributed by atoms with E-state index >= 15 is 0 Å². The molecule has 2 aromatic carbocycles. The number of amides is 2. The van der Waals surface area contributed by atoms with Crippen LogP contribution in [0.3, 0.4) is 0 Å². The summed E-state index contributed by atoms with van der Waals surface area (Å²) >= 11 is 0. The number of hydrogen-bond donors (Lipinski definition) is 2. The number of nitrogens with one attached hydrogen (secondary N) is 2. The van der Waals surface area contributed by atoms with Crippen LogP contribution in [0.1, 0.15) is 38.3 Å². The molecule has 0 unspecified atom stereocenters. The number of benzene rings is 2. The first-order valence-corrected chi connectivity index (χ1v) is 12.0. The van der Waals surface area contributed by atoms with E-state index in [1.807, 2.05) is 74.5 Å². The summed E-state index contributed by atoms with van der Waals surface area (Å²) in [5.41, 5.74) is 1.64. The van der Waals surface area contributed by atoms with Gasteiger partial charge in [0.15, 0.2) is 5.78 Å². The molecule has 0 radical (unpaired) electrons. The summed E-state index contributed by atoms with van der Waals surface area (Å²) in [5, 5.41) is 5.36. The Morgan fingerprint density at radius 3 is 2.00 bits per heavy atom. The van der Waals surface area contributed by atoms with E-state index in [-0.39, 0.29) is 25.6 Å². The highest BCUT2D eigenvalue weighted by atomic mass is 16.5. The lowest BCUT2D eigenvalue weighted by atomic mass is 9.98. The van der Waals surface area contributed by atoms with Crippen LogP contribution in [0.4, 0.5) is 4.79 Å². The molecular formula is C28H34N2O6. The molecule has 0 saturated heterocycles. The second-order valence-electron chi connectivity index (χ2n) is 8.63. The highest BCUT2D eigenvalue weighted by molar-refractivity contribution is 6.01. The van der Waals surface area contributed by atoms with E-state index in [1.54, 1.807) is 6.92 Å². The summed E-state index contributed by atoms with van der Waals surface area (Å²) in [5.74, 6) is -1.51. The van der Waals surface area contributed by atoms with Crippen molar-refractivity contribution >= 4 is 23.8 Å². The fourth-order valence-corrected chi connectivity index (χ4v) is 3.41. The Bertz CT molecular complexity index is 1020. The Morgan fingerprint density at radius 1 is 0.806 bits per heavy atom. The summed E-state index contributed by atoms with van der Waals surface area (Å²) in [6, 6.07) is 16.6. The summed E-state index contributed by atoms with van der Waals surface area (Å²) in [6.45, 7) is 5.75. The number of ketones is 1. The molecule has 0 spiro atoms. The quantitative estimate of drug-likeness (QED) is 0.324. The van der Waals surface area contributed by atoms with E-state index in [4.69, 9.17) is 9.47 Å². The molecule has 2 atom stereocenters. The third-order valence-corrected chi connectivity index (χ3v) is 5.14. The number of alkyl carbamates (subject to hydrolysis) is 1. The molecule has 2 N–H and O–H groups in total. The van der Waals surface area contributed by atoms with Crippen LogP contribution in [0.5, 0.6) is 0 Å². The third kappa shape index (κ3) is 10.5. The topological polar surface area (TPSA) is 111 Å². The molecule has 0 heterocycles. The van der Waals surface area contributed by atoms with Gasteiger partial charge in [0.05, 0.1) is 12.6 Å². The van der Waals surface area contributed by atoms with Gasteiger partial charge >= 0.3 is 12.1 Å². The molecule has 192 valence electrons. The second-order valence-corrected chi connectivity index (χ2v) is 8.63. The smallest absolute Gasteiger partial charge is 0.408 e. The Kier molecular flexibility index (Phi) is 11.9. The fraction of sp³-hybridized carbons (Fsp3) is 0.357. The highest BCUT2D eigenvalue weighted by Crippen LogP contribution is 2.10. The number of carbonyl (C=O) groups is 4. The first kappa shape index (κ1) is 28.3. The normalized spacial score (nSPS) is 12.6. The molecule has 0 aromatic heterocycles. The van der Waals surface area contributed by atoms with Crippen LogP contribution in [0.25, 0.3) is 0 Å². The van der Waals surface area contributed by atoms with Gasteiger partial charge < -0.3 is 20.1 Å². The van der Waals surface area contributed by atoms with Crippen LogP contribution >= 0.6 is 0 Å². The monoisotopic (exact) mass is 494 g/mol. The first-order valence-electron chi connectivity index (χ1n) is 12.0. The molecule has 0 bridgehead atoms. The average molecular weight is 495 g/mol. The van der Waals surface area contributed by atoms with Crippen molar-refractivity contribution in [2.24, 2.45) is 5.92 Å². The Morgan fingerprint density at radius 2 is 1.42 bits per heavy atom. The summed E-state index contributed by atoms with van der Waals surface area (Å²) in [4.78, 5) is 50.1. The van der Waals surface area contributed by atoms with E-state index < -0.39 is 35.8 Å². The molecule has 8 heteroatoms. The first-order chi connectivity index (χ1) is 17.3. The minimum atomic E-state index is -0.979. The molecule has 36 heavy (non-hydrogen) atoms. The van der Waals surface area contributed by atoms with Crippen LogP contribution < -0.4 is 10.6 Å². The second kappa shape index (κ2) is 15.1. The van der Waals surface area contributed by atoms with E-state index in [1.165, 1.54) is 0 Å². The van der Waals surface area contributed by atoms with Gasteiger partial charge in [-0.25, -0.2) is 9.59 Å². The van der Waals surface area contributed by atoms with Gasteiger partial charge in [-0.05, 0) is 36.5 Å². The van der Waals surface area contributed by atoms with Crippen molar-refractivity contribution in [1.29, 1.82) is 0 Å². The minimum absolute atomic E-state index is 0.0550. The summed E-state index contributed by atoms with van der Waals surface area (Å²) < 4.78 is 10.1. The number of esters is 1. The lowest BCUT2D eigenvalue weighted by Gasteiger charge is -2.23. The van der Waals surface area contributed by atoms with Crippen molar-refractivity contribution in [2.75, 3.05) is 6.61 Å². The summed E-state index contributed by atoms with van der Waals surface area (Å²) in [7, 11) is 0. The lowest BCUT2D eigenvalue weighted by molar-refractivity contribution is -0.137. The van der Waals surface area contributed by atoms with E-state index in [0.717, 1.165) is 23.3 Å². The molecule has 8 nitrogen and oxygen atoms in total. The van der Waals surface area contributed by atoms with E-state index in [2.05, 4.69) is 10.6 Å². The molecule has 0 saturated carbocycles. The van der Waals surface area contributed by atoms with Crippen LogP contribution in [0.2, 0.25) is 0 Å². The van der Waals surface area contributed by atoms with Crippen molar-refractivity contribution in [3.8, 4) is 0 Å². The van der Waals surface area contributed by atoms with Gasteiger partial charge in [-0.3, -0.25) is 9.59 Å². The Balaban J connectivity index is 2.12. The maximum atomic E-state index is 13.2. The van der Waals surface area contributed by atoms with Gasteiger partial charge in [-0.2, -0.15) is 0 Å². The van der Waals surface area contributed by atoms with Gasteiger partial charge in [0.2, 0.25) is 5.91 Å². The average Bonchev–Trinajstić information content (AvgIpc) is 2.86. The van der Waals surface area contributed by atoms with Crippen molar-refractivity contribution in [2.45, 2.75) is 52.3 Å². The maximum Gasteiger partial charge on any atom is 0.408 e. The number of hydrogen-bond acceptors (Lipinski definition) is 6. The third-order valence-electron chi connectivity index (χ3n) is 5.14. The Labute approximate surface area is 212 Å². The zero-order chi connectivity index (χ0) is 26.3. The number of ether oxygens (including phenoxy) is 2. The molecule has 2 rings (SSSR count). The molecule has 0 fully saturated rings. The highest BCUT2D eigenvalue weighted by Gasteiger charge is 2.27. The SMILES string of the molecule is CCOC(=O)/C=C\C(=O)[C@H](CC(C)C)NC(=O)[C@H](Cc1ccccc1)NC(=O)OCc1ccccc1. The van der Waals surface area contributed by atoms with Crippen LogP contribution in [-0.2, 0) is 36.9 Å². The zero-order valence-electron chi connectivity index (χ0n) is 20.9. The molecule has 0 aliphatic rings. The van der Waals surface area contributed by atoms with Gasteiger partial charge in [0.25, 0.3) is 0 Å². The van der Waals surface area contributed by atoms with E-state index in [9.17, 15) is 19.2 Å². The van der Waals surface area contributed by atoms with Crippen molar-refractivity contribution in [1.82, 2.24) is 10.6 Å². The van der Waals surface area contributed by atoms with Crippen molar-refractivity contribution in [3.63, 3.8) is 0 Å². The molecular weight excluding hydrogens is 460 g/mol. The maximum absolute atomic E-state index is 13.2. The molecule has 2 aromatic rings. The minimum Gasteiger partial charge on any atom is -0.463 e. The van der Waals surface area contributed by atoms with Crippen molar-refractivity contribution < 1.29 is 28.7 Å². The number of rotatable bonds is 13. The van der Waals surface area contributed by atoms with Crippen LogP contribution in [0, 0.1) is 5.92 Å². The van der Waals surface area contributed by atoms with Crippen LogP contribution in [0.15, 0.2) is 72.8 Å². The van der Waals surface area contributed by atoms with Gasteiger partial charge in [0, 0.05) is 12.5 Å². The van der Waals surface area contributed by atoms with Gasteiger partial charge in [-0.15, -0.1) is 0 Å². The zero-order valence-corrected chi connectivity index (χ0v) is 20.9. The molecule has 0 aliphatic heterocycles. The van der Waals surface area contributed by atoms with Gasteiger partial charge in [-0.1, -0.05) is 74.5 Å². The van der Waals surface area contributed by atoms with Crippen LogP contribution in [-0.4, -0.2) is 42.4 Å². The van der Waals surface area contributed by atoms with Gasteiger partial charge in [0.1, 0.15) is 12.6 Å². The fourth-order valence-electron chi connectivity index (χ4n) is 3.41. The molecule has 2 amide bonds. The lowest BCUT2D eigenvalue weighted by Crippen LogP contribution is -2.52.